The molecule has 0 bridgehead atoms. The molecule has 210 valence electrons. The van der Waals surface area contributed by atoms with Gasteiger partial charge in [0.1, 0.15) is 6.07 Å². The predicted octanol–water partition coefficient (Wildman–Crippen LogP) is 6.55. The van der Waals surface area contributed by atoms with Crippen LogP contribution in [0.5, 0.6) is 0 Å². The summed E-state index contributed by atoms with van der Waals surface area (Å²) in [7, 11) is 0. The van der Waals surface area contributed by atoms with E-state index in [9.17, 15) is 5.26 Å². The smallest absolute Gasteiger partial charge is 0.102 e. The van der Waals surface area contributed by atoms with E-state index in [1.807, 2.05) is 6.07 Å². The standard InChI is InChI=1S/C35H45N5/c1-24-7-14-33(32-26(24)5-6-29(37)28(32)23-36)15-9-27-30(22-33)38-25(8-16-34-12-3-18-39(34)19-4-13-34)21-31(27)40-20-17-35(40)10-2-11-35/h5-6,21,24H,2-4,7-20,22,37H2,1H3. The average Bonchev–Trinajstić information content (AvgIpc) is 3.49. The minimum Gasteiger partial charge on any atom is -0.398 e. The second-order valence-electron chi connectivity index (χ2n) is 14.5. The summed E-state index contributed by atoms with van der Waals surface area (Å²) in [6.07, 6.45) is 18.7. The van der Waals surface area contributed by atoms with E-state index in [0.717, 1.165) is 37.7 Å². The van der Waals surface area contributed by atoms with E-state index in [2.05, 4.69) is 34.9 Å². The molecule has 4 fully saturated rings. The van der Waals surface area contributed by atoms with Gasteiger partial charge >= 0.3 is 0 Å². The van der Waals surface area contributed by atoms with E-state index in [-0.39, 0.29) is 5.41 Å². The molecule has 1 aromatic heterocycles. The quantitative estimate of drug-likeness (QED) is 0.450. The second kappa shape index (κ2) is 8.96. The van der Waals surface area contributed by atoms with Gasteiger partial charge in [-0.25, -0.2) is 0 Å². The molecule has 4 heterocycles. The van der Waals surface area contributed by atoms with Gasteiger partial charge in [-0.15, -0.1) is 0 Å². The summed E-state index contributed by atoms with van der Waals surface area (Å²) < 4.78 is 0. The lowest BCUT2D eigenvalue weighted by Gasteiger charge is -2.60. The van der Waals surface area contributed by atoms with Gasteiger partial charge < -0.3 is 10.6 Å². The Morgan fingerprint density at radius 1 is 1.02 bits per heavy atom. The first-order chi connectivity index (χ1) is 19.5. The van der Waals surface area contributed by atoms with Crippen LogP contribution in [-0.4, -0.2) is 40.6 Å². The third-order valence-corrected chi connectivity index (χ3v) is 12.7. The second-order valence-corrected chi connectivity index (χ2v) is 14.5. The number of aryl methyl sites for hydroxylation is 1. The molecule has 2 aromatic rings. The van der Waals surface area contributed by atoms with Crippen LogP contribution in [0.1, 0.15) is 124 Å². The monoisotopic (exact) mass is 535 g/mol. The SMILES string of the molecule is CC1CCC2(CCc3c(N4CCC45CCC5)cc(CCC45CCCN4CCC5)nc3C2)c2c1ccc(N)c2C#N. The van der Waals surface area contributed by atoms with Crippen molar-refractivity contribution in [3.8, 4) is 6.07 Å². The van der Waals surface area contributed by atoms with Crippen LogP contribution < -0.4 is 10.6 Å². The van der Waals surface area contributed by atoms with Gasteiger partial charge in [0.15, 0.2) is 0 Å². The van der Waals surface area contributed by atoms with E-state index >= 15 is 0 Å². The molecule has 5 nitrogen and oxygen atoms in total. The third-order valence-electron chi connectivity index (χ3n) is 12.7. The van der Waals surface area contributed by atoms with E-state index in [0.29, 0.717) is 22.7 Å². The van der Waals surface area contributed by atoms with Crippen molar-refractivity contribution in [2.75, 3.05) is 30.3 Å². The summed E-state index contributed by atoms with van der Waals surface area (Å²) in [5.74, 6) is 0.476. The first-order valence-corrected chi connectivity index (χ1v) is 16.3. The number of rotatable bonds is 4. The minimum absolute atomic E-state index is 0.0202. The zero-order chi connectivity index (χ0) is 27.1. The Kier molecular flexibility index (Phi) is 5.63. The normalized spacial score (nSPS) is 29.4. The van der Waals surface area contributed by atoms with Crippen LogP contribution in [0.3, 0.4) is 0 Å². The number of nitrogens with two attached hydrogens (primary N) is 1. The molecule has 2 spiro atoms. The average molecular weight is 536 g/mol. The molecule has 2 atom stereocenters. The Labute approximate surface area is 240 Å². The first-order valence-electron chi connectivity index (χ1n) is 16.3. The number of pyridine rings is 1. The fourth-order valence-electron chi connectivity index (χ4n) is 10.2. The number of aromatic nitrogens is 1. The van der Waals surface area contributed by atoms with Crippen LogP contribution in [0.25, 0.3) is 0 Å². The minimum atomic E-state index is -0.0202. The van der Waals surface area contributed by atoms with E-state index in [1.165, 1.54) is 118 Å². The summed E-state index contributed by atoms with van der Waals surface area (Å²) in [6, 6.07) is 9.25. The number of nitriles is 1. The maximum atomic E-state index is 10.3. The van der Waals surface area contributed by atoms with Crippen molar-refractivity contribution in [2.45, 2.75) is 126 Å². The topological polar surface area (TPSA) is 69.2 Å². The van der Waals surface area contributed by atoms with Crippen LogP contribution in [-0.2, 0) is 24.7 Å². The molecule has 3 saturated heterocycles. The maximum Gasteiger partial charge on any atom is 0.102 e. The van der Waals surface area contributed by atoms with Crippen molar-refractivity contribution in [1.82, 2.24) is 9.88 Å². The van der Waals surface area contributed by atoms with Crippen molar-refractivity contribution in [3.05, 3.63) is 51.8 Å². The predicted molar refractivity (Wildman–Crippen MR) is 161 cm³/mol. The molecule has 0 amide bonds. The van der Waals surface area contributed by atoms with Crippen LogP contribution >= 0.6 is 0 Å². The molecule has 8 rings (SSSR count). The Balaban J connectivity index is 1.20. The fraction of sp³-hybridized carbons (Fsp3) is 0.657. The number of hydrogen-bond acceptors (Lipinski definition) is 5. The summed E-state index contributed by atoms with van der Waals surface area (Å²) in [5, 5.41) is 10.3. The van der Waals surface area contributed by atoms with Gasteiger partial charge in [0, 0.05) is 45.8 Å². The van der Waals surface area contributed by atoms with E-state index in [4.69, 9.17) is 10.7 Å². The number of hydrogen-bond donors (Lipinski definition) is 1. The van der Waals surface area contributed by atoms with Crippen molar-refractivity contribution in [2.24, 2.45) is 0 Å². The van der Waals surface area contributed by atoms with Crippen molar-refractivity contribution < 1.29 is 0 Å². The van der Waals surface area contributed by atoms with Crippen molar-refractivity contribution in [1.29, 1.82) is 5.26 Å². The van der Waals surface area contributed by atoms with E-state index in [1.54, 1.807) is 0 Å². The number of fused-ring (bicyclic) bond motifs is 4. The Hall–Kier alpha value is -2.58. The number of nitrogens with zero attached hydrogens (tertiary/aromatic N) is 4. The first kappa shape index (κ1) is 25.2. The van der Waals surface area contributed by atoms with Crippen LogP contribution in [0.2, 0.25) is 0 Å². The number of benzene rings is 1. The molecule has 6 aliphatic rings. The zero-order valence-electron chi connectivity index (χ0n) is 24.4. The van der Waals surface area contributed by atoms with Gasteiger partial charge in [-0.3, -0.25) is 9.88 Å². The summed E-state index contributed by atoms with van der Waals surface area (Å²) >= 11 is 0. The van der Waals surface area contributed by atoms with Gasteiger partial charge in [0.05, 0.1) is 5.56 Å². The van der Waals surface area contributed by atoms with Gasteiger partial charge in [-0.05, 0) is 144 Å². The highest BCUT2D eigenvalue weighted by Gasteiger charge is 2.51. The molecule has 3 aliphatic heterocycles. The van der Waals surface area contributed by atoms with Crippen molar-refractivity contribution >= 4 is 11.4 Å². The molecule has 0 radical (unpaired) electrons. The number of nitrogen functional groups attached to an aromatic ring is 1. The Morgan fingerprint density at radius 3 is 2.55 bits per heavy atom. The molecule has 2 unspecified atom stereocenters. The largest absolute Gasteiger partial charge is 0.398 e. The number of anilines is 2. The molecular formula is C35H45N5. The molecule has 2 N–H and O–H groups in total. The van der Waals surface area contributed by atoms with Gasteiger partial charge in [0.2, 0.25) is 0 Å². The molecule has 5 heteroatoms. The zero-order valence-corrected chi connectivity index (χ0v) is 24.4. The molecule has 1 saturated carbocycles. The molecule has 3 aliphatic carbocycles. The maximum absolute atomic E-state index is 10.3. The van der Waals surface area contributed by atoms with Gasteiger partial charge in [0.25, 0.3) is 0 Å². The summed E-state index contributed by atoms with van der Waals surface area (Å²) in [4.78, 5) is 11.1. The van der Waals surface area contributed by atoms with Crippen molar-refractivity contribution in [3.63, 3.8) is 0 Å². The lowest BCUT2D eigenvalue weighted by atomic mass is 9.59. The fourth-order valence-corrected chi connectivity index (χ4v) is 10.2. The molecular weight excluding hydrogens is 490 g/mol. The van der Waals surface area contributed by atoms with Gasteiger partial charge in [-0.1, -0.05) is 13.0 Å². The lowest BCUT2D eigenvalue weighted by molar-refractivity contribution is 0.150. The van der Waals surface area contributed by atoms with E-state index < -0.39 is 0 Å². The molecule has 1 aromatic carbocycles. The summed E-state index contributed by atoms with van der Waals surface area (Å²) in [6.45, 7) is 6.12. The molecule has 40 heavy (non-hydrogen) atoms. The summed E-state index contributed by atoms with van der Waals surface area (Å²) in [5.41, 5.74) is 17.0. The highest BCUT2D eigenvalue weighted by Crippen LogP contribution is 2.55. The Morgan fingerprint density at radius 2 is 1.85 bits per heavy atom. The highest BCUT2D eigenvalue weighted by atomic mass is 15.3. The Bertz CT molecular complexity index is 1380. The highest BCUT2D eigenvalue weighted by molar-refractivity contribution is 5.66. The lowest BCUT2D eigenvalue weighted by Crippen LogP contribution is -2.64. The van der Waals surface area contributed by atoms with Crippen LogP contribution in [0.15, 0.2) is 18.2 Å². The van der Waals surface area contributed by atoms with Crippen LogP contribution in [0.4, 0.5) is 11.4 Å². The van der Waals surface area contributed by atoms with Gasteiger partial charge in [-0.2, -0.15) is 5.26 Å². The van der Waals surface area contributed by atoms with Crippen LogP contribution in [0, 0.1) is 11.3 Å². The third kappa shape index (κ3) is 3.50.